The number of anilines is 2. The van der Waals surface area contributed by atoms with Gasteiger partial charge in [-0.2, -0.15) is 13.2 Å². The number of amides is 3. The number of likely N-dealkylation sites (N-methyl/N-ethyl adjacent to an activating group) is 1. The summed E-state index contributed by atoms with van der Waals surface area (Å²) < 4.78 is 43.8. The summed E-state index contributed by atoms with van der Waals surface area (Å²) in [5.74, 6) is -1.29. The molecule has 160 valence electrons. The van der Waals surface area contributed by atoms with E-state index in [1.54, 1.807) is 6.92 Å². The molecule has 30 heavy (non-hydrogen) atoms. The van der Waals surface area contributed by atoms with Crippen molar-refractivity contribution in [2.75, 3.05) is 30.8 Å². The van der Waals surface area contributed by atoms with Crippen LogP contribution in [-0.4, -0.2) is 43.0 Å². The van der Waals surface area contributed by atoms with Gasteiger partial charge in [0.15, 0.2) is 0 Å². The first-order valence-corrected chi connectivity index (χ1v) is 8.87. The first-order chi connectivity index (χ1) is 14.1. The van der Waals surface area contributed by atoms with Crippen LogP contribution < -0.4 is 10.6 Å². The van der Waals surface area contributed by atoms with Crippen molar-refractivity contribution < 1.29 is 32.3 Å². The van der Waals surface area contributed by atoms with Crippen molar-refractivity contribution in [2.45, 2.75) is 13.1 Å². The molecular formula is C20H20F3N3O4. The van der Waals surface area contributed by atoms with Gasteiger partial charge < -0.3 is 15.0 Å². The van der Waals surface area contributed by atoms with Gasteiger partial charge in [0.25, 0.3) is 5.91 Å². The van der Waals surface area contributed by atoms with Crippen LogP contribution in [0.1, 0.15) is 22.8 Å². The highest BCUT2D eigenvalue weighted by molar-refractivity contribution is 5.99. The number of hydrogen-bond acceptors (Lipinski definition) is 4. The lowest BCUT2D eigenvalue weighted by Crippen LogP contribution is -2.35. The van der Waals surface area contributed by atoms with Crippen molar-refractivity contribution in [2.24, 2.45) is 0 Å². The molecule has 3 amide bonds. The van der Waals surface area contributed by atoms with E-state index in [1.165, 1.54) is 43.4 Å². The van der Waals surface area contributed by atoms with E-state index in [9.17, 15) is 27.6 Å². The lowest BCUT2D eigenvalue weighted by atomic mass is 10.1. The number of carbonyl (C=O) groups is 3. The number of carbonyl (C=O) groups excluding carboxylic acids is 3. The largest absolute Gasteiger partial charge is 0.450 e. The fourth-order valence-corrected chi connectivity index (χ4v) is 2.52. The summed E-state index contributed by atoms with van der Waals surface area (Å²) in [5.41, 5.74) is -0.716. The first-order valence-electron chi connectivity index (χ1n) is 8.87. The molecule has 0 heterocycles. The Morgan fingerprint density at radius 2 is 1.63 bits per heavy atom. The molecule has 0 aliphatic rings. The third-order valence-corrected chi connectivity index (χ3v) is 3.89. The van der Waals surface area contributed by atoms with E-state index >= 15 is 0 Å². The molecule has 2 N–H and O–H groups in total. The van der Waals surface area contributed by atoms with Crippen LogP contribution in [0.4, 0.5) is 29.3 Å². The predicted octanol–water partition coefficient (Wildman–Crippen LogP) is 3.98. The lowest BCUT2D eigenvalue weighted by Gasteiger charge is -2.18. The van der Waals surface area contributed by atoms with Gasteiger partial charge in [-0.25, -0.2) is 4.79 Å². The van der Waals surface area contributed by atoms with Gasteiger partial charge in [-0.3, -0.25) is 14.9 Å². The molecule has 0 fully saturated rings. The molecule has 7 nitrogen and oxygen atoms in total. The van der Waals surface area contributed by atoms with Gasteiger partial charge in [-0.15, -0.1) is 0 Å². The number of halogens is 3. The smallest absolute Gasteiger partial charge is 0.418 e. The van der Waals surface area contributed by atoms with Gasteiger partial charge in [0.2, 0.25) is 5.91 Å². The Bertz CT molecular complexity index is 914. The summed E-state index contributed by atoms with van der Waals surface area (Å²) in [4.78, 5) is 37.0. The van der Waals surface area contributed by atoms with E-state index < -0.39 is 36.2 Å². The highest BCUT2D eigenvalue weighted by Gasteiger charge is 2.33. The molecule has 2 aromatic rings. The predicted molar refractivity (Wildman–Crippen MR) is 104 cm³/mol. The van der Waals surface area contributed by atoms with Crippen LogP contribution >= 0.6 is 0 Å². The normalized spacial score (nSPS) is 10.8. The van der Waals surface area contributed by atoms with Crippen molar-refractivity contribution in [3.05, 3.63) is 59.7 Å². The zero-order chi connectivity index (χ0) is 22.3. The van der Waals surface area contributed by atoms with Gasteiger partial charge >= 0.3 is 12.3 Å². The fraction of sp³-hybridized carbons (Fsp3) is 0.250. The fourth-order valence-electron chi connectivity index (χ4n) is 2.52. The molecule has 0 bridgehead atoms. The van der Waals surface area contributed by atoms with Crippen LogP contribution in [0.25, 0.3) is 0 Å². The third-order valence-electron chi connectivity index (χ3n) is 3.89. The maximum absolute atomic E-state index is 13.0. The maximum atomic E-state index is 13.0. The van der Waals surface area contributed by atoms with E-state index in [-0.39, 0.29) is 17.9 Å². The van der Waals surface area contributed by atoms with Gasteiger partial charge in [0, 0.05) is 18.3 Å². The SMILES string of the molecule is CCOC(=O)Nc1ccc(C(=O)N(C)CC(=O)Nc2ccccc2C(F)(F)F)cc1. The van der Waals surface area contributed by atoms with Crippen LogP contribution in [0.5, 0.6) is 0 Å². The van der Waals surface area contributed by atoms with Crippen LogP contribution in [0.2, 0.25) is 0 Å². The highest BCUT2D eigenvalue weighted by atomic mass is 19.4. The average molecular weight is 423 g/mol. The molecule has 2 aromatic carbocycles. The second-order valence-electron chi connectivity index (χ2n) is 6.18. The second-order valence-corrected chi connectivity index (χ2v) is 6.18. The molecule has 0 radical (unpaired) electrons. The molecule has 0 aromatic heterocycles. The maximum Gasteiger partial charge on any atom is 0.418 e. The van der Waals surface area contributed by atoms with E-state index in [1.807, 2.05) is 0 Å². The van der Waals surface area contributed by atoms with Crippen molar-refractivity contribution in [1.82, 2.24) is 4.90 Å². The second kappa shape index (κ2) is 9.77. The minimum Gasteiger partial charge on any atom is -0.450 e. The topological polar surface area (TPSA) is 87.7 Å². The van der Waals surface area contributed by atoms with Crippen molar-refractivity contribution in [1.29, 1.82) is 0 Å². The minimum atomic E-state index is -4.62. The van der Waals surface area contributed by atoms with Gasteiger partial charge in [0.05, 0.1) is 24.4 Å². The Morgan fingerprint density at radius 3 is 2.23 bits per heavy atom. The molecule has 0 spiro atoms. The van der Waals surface area contributed by atoms with Crippen LogP contribution in [0, 0.1) is 0 Å². The van der Waals surface area contributed by atoms with E-state index in [2.05, 4.69) is 10.6 Å². The summed E-state index contributed by atoms with van der Waals surface area (Å²) in [6, 6.07) is 10.4. The number of nitrogens with one attached hydrogen (secondary N) is 2. The van der Waals surface area contributed by atoms with Crippen LogP contribution in [0.3, 0.4) is 0 Å². The Morgan fingerprint density at radius 1 is 1.00 bits per heavy atom. The van der Waals surface area contributed by atoms with Crippen molar-refractivity contribution in [3.8, 4) is 0 Å². The standard InChI is InChI=1S/C20H20F3N3O4/c1-3-30-19(29)24-14-10-8-13(9-11-14)18(28)26(2)12-17(27)25-16-7-5-4-6-15(16)20(21,22)23/h4-11H,3,12H2,1-2H3,(H,24,29)(H,25,27). The Hall–Kier alpha value is -3.56. The molecule has 10 heteroatoms. The number of ether oxygens (including phenoxy) is 1. The summed E-state index contributed by atoms with van der Waals surface area (Å²) in [7, 11) is 1.35. The molecule has 0 atom stereocenters. The summed E-state index contributed by atoms with van der Waals surface area (Å²) in [5, 5.41) is 4.66. The lowest BCUT2D eigenvalue weighted by molar-refractivity contribution is -0.137. The average Bonchev–Trinajstić information content (AvgIpc) is 2.67. The van der Waals surface area contributed by atoms with Crippen molar-refractivity contribution in [3.63, 3.8) is 0 Å². The van der Waals surface area contributed by atoms with Crippen LogP contribution in [0.15, 0.2) is 48.5 Å². The van der Waals surface area contributed by atoms with Crippen molar-refractivity contribution >= 4 is 29.3 Å². The number of rotatable bonds is 6. The highest BCUT2D eigenvalue weighted by Crippen LogP contribution is 2.34. The number of hydrogen-bond donors (Lipinski definition) is 2. The quantitative estimate of drug-likeness (QED) is 0.736. The van der Waals surface area contributed by atoms with Gasteiger partial charge in [-0.1, -0.05) is 12.1 Å². The number of nitrogens with zero attached hydrogens (tertiary/aromatic N) is 1. The number of benzene rings is 2. The molecule has 0 aliphatic carbocycles. The molecule has 2 rings (SSSR count). The number of para-hydroxylation sites is 1. The number of alkyl halides is 3. The van der Waals surface area contributed by atoms with Crippen LogP contribution in [-0.2, 0) is 15.7 Å². The Labute approximate surface area is 170 Å². The van der Waals surface area contributed by atoms with Gasteiger partial charge in [0.1, 0.15) is 0 Å². The molecule has 0 saturated carbocycles. The van der Waals surface area contributed by atoms with E-state index in [4.69, 9.17) is 4.74 Å². The minimum absolute atomic E-state index is 0.211. The zero-order valence-electron chi connectivity index (χ0n) is 16.2. The summed E-state index contributed by atoms with van der Waals surface area (Å²) in [6.45, 7) is 1.42. The molecule has 0 aliphatic heterocycles. The Kier molecular flexibility index (Phi) is 7.40. The van der Waals surface area contributed by atoms with E-state index in [0.29, 0.717) is 5.69 Å². The first kappa shape index (κ1) is 22.7. The van der Waals surface area contributed by atoms with E-state index in [0.717, 1.165) is 17.0 Å². The molecule has 0 unspecified atom stereocenters. The monoisotopic (exact) mass is 423 g/mol. The zero-order valence-corrected chi connectivity index (χ0v) is 16.2. The third kappa shape index (κ3) is 6.23. The summed E-state index contributed by atoms with van der Waals surface area (Å²) >= 11 is 0. The molecular weight excluding hydrogens is 403 g/mol. The molecule has 0 saturated heterocycles. The summed E-state index contributed by atoms with van der Waals surface area (Å²) in [6.07, 6.45) is -5.25. The Balaban J connectivity index is 1.99. The van der Waals surface area contributed by atoms with Gasteiger partial charge in [-0.05, 0) is 43.3 Å².